The number of anilines is 1. The molecule has 0 bridgehead atoms. The molecule has 18 heavy (non-hydrogen) atoms. The maximum Gasteiger partial charge on any atom is 0.252 e. The Morgan fingerprint density at radius 2 is 2.11 bits per heavy atom. The Morgan fingerprint density at radius 3 is 2.72 bits per heavy atom. The maximum absolute atomic E-state index is 11.4. The highest BCUT2D eigenvalue weighted by Gasteiger charge is 2.04. The number of benzene rings is 1. The van der Waals surface area contributed by atoms with Crippen LogP contribution in [0.3, 0.4) is 0 Å². The molecule has 90 valence electrons. The van der Waals surface area contributed by atoms with Gasteiger partial charge < -0.3 is 4.74 Å². The summed E-state index contributed by atoms with van der Waals surface area (Å²) in [6, 6.07) is 8.49. The zero-order chi connectivity index (χ0) is 13.0. The number of ether oxygens (including phenoxy) is 1. The third-order valence-electron chi connectivity index (χ3n) is 2.30. The Bertz CT molecular complexity index is 640. The largest absolute Gasteiger partial charge is 0.497 e. The highest BCUT2D eigenvalue weighted by Crippen LogP contribution is 2.19. The van der Waals surface area contributed by atoms with Gasteiger partial charge in [0.05, 0.1) is 12.8 Å². The van der Waals surface area contributed by atoms with Gasteiger partial charge in [-0.1, -0.05) is 0 Å². The second-order valence-electron chi connectivity index (χ2n) is 3.44. The molecule has 6 heteroatoms. The molecule has 0 saturated carbocycles. The van der Waals surface area contributed by atoms with Gasteiger partial charge in [0.15, 0.2) is 6.19 Å². The zero-order valence-electron chi connectivity index (χ0n) is 9.60. The highest BCUT2D eigenvalue weighted by molar-refractivity contribution is 5.61. The first-order valence-corrected chi connectivity index (χ1v) is 5.14. The molecule has 0 saturated heterocycles. The SMILES string of the molecule is COc1ccc(-c2cc(=O)[nH]c(NC#N)n2)cc1. The second-order valence-corrected chi connectivity index (χ2v) is 3.44. The predicted octanol–water partition coefficient (Wildman–Crippen LogP) is 1.34. The number of nitrogens with one attached hydrogen (secondary N) is 2. The Balaban J connectivity index is 2.43. The summed E-state index contributed by atoms with van der Waals surface area (Å²) in [5.41, 5.74) is 0.926. The van der Waals surface area contributed by atoms with Crippen LogP contribution in [0.15, 0.2) is 35.1 Å². The van der Waals surface area contributed by atoms with Gasteiger partial charge in [-0.2, -0.15) is 5.26 Å². The van der Waals surface area contributed by atoms with E-state index in [2.05, 4.69) is 15.3 Å². The molecule has 2 aromatic rings. The Hall–Kier alpha value is -2.81. The van der Waals surface area contributed by atoms with E-state index in [0.29, 0.717) is 5.69 Å². The van der Waals surface area contributed by atoms with Crippen molar-refractivity contribution in [3.8, 4) is 23.2 Å². The molecule has 1 aromatic heterocycles. The van der Waals surface area contributed by atoms with Crippen molar-refractivity contribution in [3.63, 3.8) is 0 Å². The number of rotatable bonds is 3. The number of hydrogen-bond acceptors (Lipinski definition) is 5. The van der Waals surface area contributed by atoms with Crippen LogP contribution < -0.4 is 15.6 Å². The lowest BCUT2D eigenvalue weighted by molar-refractivity contribution is 0.415. The molecular weight excluding hydrogens is 232 g/mol. The maximum atomic E-state index is 11.4. The molecule has 0 aliphatic heterocycles. The second kappa shape index (κ2) is 5.01. The molecule has 0 amide bonds. The van der Waals surface area contributed by atoms with E-state index in [0.717, 1.165) is 11.3 Å². The molecule has 0 spiro atoms. The zero-order valence-corrected chi connectivity index (χ0v) is 9.60. The number of aromatic amines is 1. The third-order valence-corrected chi connectivity index (χ3v) is 2.30. The number of hydrogen-bond donors (Lipinski definition) is 2. The van der Waals surface area contributed by atoms with E-state index in [1.54, 1.807) is 37.6 Å². The topological polar surface area (TPSA) is 90.8 Å². The molecule has 1 aromatic carbocycles. The average Bonchev–Trinajstić information content (AvgIpc) is 2.38. The van der Waals surface area contributed by atoms with E-state index >= 15 is 0 Å². The number of methoxy groups -OCH3 is 1. The summed E-state index contributed by atoms with van der Waals surface area (Å²) in [7, 11) is 1.58. The van der Waals surface area contributed by atoms with Gasteiger partial charge in [0, 0.05) is 11.6 Å². The van der Waals surface area contributed by atoms with Gasteiger partial charge in [0.2, 0.25) is 5.95 Å². The monoisotopic (exact) mass is 242 g/mol. The number of nitriles is 1. The number of aromatic nitrogens is 2. The van der Waals surface area contributed by atoms with Crippen LogP contribution in [-0.4, -0.2) is 17.1 Å². The fourth-order valence-electron chi connectivity index (χ4n) is 1.48. The minimum atomic E-state index is -0.325. The lowest BCUT2D eigenvalue weighted by Crippen LogP contribution is -2.10. The van der Waals surface area contributed by atoms with Gasteiger partial charge in [0.25, 0.3) is 5.56 Å². The van der Waals surface area contributed by atoms with Crippen molar-refractivity contribution in [1.29, 1.82) is 5.26 Å². The van der Waals surface area contributed by atoms with Crippen LogP contribution in [0.2, 0.25) is 0 Å². The van der Waals surface area contributed by atoms with Crippen LogP contribution in [0.4, 0.5) is 5.95 Å². The minimum absolute atomic E-state index is 0.121. The molecule has 0 atom stereocenters. The van der Waals surface area contributed by atoms with Crippen LogP contribution in [-0.2, 0) is 0 Å². The van der Waals surface area contributed by atoms with Gasteiger partial charge in [-0.25, -0.2) is 4.98 Å². The molecule has 0 unspecified atom stereocenters. The average molecular weight is 242 g/mol. The van der Waals surface area contributed by atoms with Crippen LogP contribution in [0.25, 0.3) is 11.3 Å². The standard InChI is InChI=1S/C12H10N4O2/c1-18-9-4-2-8(3-5-9)10-6-11(17)16-12(15-10)14-7-13/h2-6H,1H3,(H2,14,15,16,17). The molecule has 2 rings (SSSR count). The van der Waals surface area contributed by atoms with Gasteiger partial charge in [-0.3, -0.25) is 15.1 Å². The summed E-state index contributed by atoms with van der Waals surface area (Å²) in [6.45, 7) is 0. The Labute approximate surface area is 103 Å². The van der Waals surface area contributed by atoms with Crippen LogP contribution in [0.5, 0.6) is 5.75 Å². The van der Waals surface area contributed by atoms with E-state index in [1.807, 2.05) is 0 Å². The van der Waals surface area contributed by atoms with Crippen LogP contribution >= 0.6 is 0 Å². The molecule has 1 heterocycles. The number of H-pyrrole nitrogens is 1. The predicted molar refractivity (Wildman–Crippen MR) is 66.1 cm³/mol. The van der Waals surface area contributed by atoms with E-state index < -0.39 is 0 Å². The molecule has 2 N–H and O–H groups in total. The van der Waals surface area contributed by atoms with Crippen molar-refractivity contribution >= 4 is 5.95 Å². The summed E-state index contributed by atoms with van der Waals surface area (Å²) in [5, 5.41) is 10.8. The van der Waals surface area contributed by atoms with Gasteiger partial charge in [-0.15, -0.1) is 0 Å². The first-order chi connectivity index (χ1) is 8.72. The molecule has 0 aliphatic rings. The van der Waals surface area contributed by atoms with Crippen molar-refractivity contribution in [2.75, 3.05) is 12.4 Å². The first-order valence-electron chi connectivity index (χ1n) is 5.14. The van der Waals surface area contributed by atoms with Crippen molar-refractivity contribution in [1.82, 2.24) is 9.97 Å². The molecule has 0 fully saturated rings. The highest BCUT2D eigenvalue weighted by atomic mass is 16.5. The van der Waals surface area contributed by atoms with Gasteiger partial charge in [-0.05, 0) is 24.3 Å². The van der Waals surface area contributed by atoms with Crippen molar-refractivity contribution in [2.45, 2.75) is 0 Å². The third kappa shape index (κ3) is 2.47. The normalized spacial score (nSPS) is 9.56. The molecule has 0 radical (unpaired) electrons. The van der Waals surface area contributed by atoms with E-state index in [9.17, 15) is 4.79 Å². The lowest BCUT2D eigenvalue weighted by atomic mass is 10.1. The smallest absolute Gasteiger partial charge is 0.252 e. The lowest BCUT2D eigenvalue weighted by Gasteiger charge is -2.04. The van der Waals surface area contributed by atoms with Gasteiger partial charge in [0.1, 0.15) is 5.75 Å². The van der Waals surface area contributed by atoms with Crippen molar-refractivity contribution in [3.05, 3.63) is 40.7 Å². The number of nitrogens with zero attached hydrogens (tertiary/aromatic N) is 2. The Morgan fingerprint density at radius 1 is 1.39 bits per heavy atom. The van der Waals surface area contributed by atoms with Crippen LogP contribution in [0, 0.1) is 11.5 Å². The fourth-order valence-corrected chi connectivity index (χ4v) is 1.48. The summed E-state index contributed by atoms with van der Waals surface area (Å²) in [5.74, 6) is 0.842. The summed E-state index contributed by atoms with van der Waals surface area (Å²) in [6.07, 6.45) is 1.71. The van der Waals surface area contributed by atoms with Crippen LogP contribution in [0.1, 0.15) is 0 Å². The summed E-state index contributed by atoms with van der Waals surface area (Å²) >= 11 is 0. The quantitative estimate of drug-likeness (QED) is 0.626. The van der Waals surface area contributed by atoms with E-state index in [4.69, 9.17) is 10.00 Å². The minimum Gasteiger partial charge on any atom is -0.497 e. The molecular formula is C12H10N4O2. The van der Waals surface area contributed by atoms with Crippen molar-refractivity contribution in [2.24, 2.45) is 0 Å². The fraction of sp³-hybridized carbons (Fsp3) is 0.0833. The Kier molecular flexibility index (Phi) is 3.25. The van der Waals surface area contributed by atoms with Gasteiger partial charge >= 0.3 is 0 Å². The molecule has 0 aliphatic carbocycles. The summed E-state index contributed by atoms with van der Waals surface area (Å²) < 4.78 is 5.05. The van der Waals surface area contributed by atoms with E-state index in [1.165, 1.54) is 6.07 Å². The first kappa shape index (κ1) is 11.7. The van der Waals surface area contributed by atoms with Crippen molar-refractivity contribution < 1.29 is 4.74 Å². The molecule has 6 nitrogen and oxygen atoms in total. The van der Waals surface area contributed by atoms with E-state index in [-0.39, 0.29) is 11.5 Å². The summed E-state index contributed by atoms with van der Waals surface area (Å²) in [4.78, 5) is 17.9.